The van der Waals surface area contributed by atoms with Crippen LogP contribution in [0.5, 0.6) is 0 Å². The van der Waals surface area contributed by atoms with Gasteiger partial charge in [0, 0.05) is 10.4 Å². The summed E-state index contributed by atoms with van der Waals surface area (Å²) in [5, 5.41) is 2.15. The van der Waals surface area contributed by atoms with Gasteiger partial charge >= 0.3 is 0 Å². The molecule has 0 radical (unpaired) electrons. The van der Waals surface area contributed by atoms with E-state index in [1.807, 2.05) is 11.3 Å². The molecule has 2 N–H and O–H groups in total. The van der Waals surface area contributed by atoms with Crippen molar-refractivity contribution in [3.8, 4) is 0 Å². The van der Waals surface area contributed by atoms with Crippen molar-refractivity contribution in [1.29, 1.82) is 0 Å². The molecule has 1 atom stereocenters. The molecular weight excluding hydrogens is 202 g/mol. The van der Waals surface area contributed by atoms with E-state index < -0.39 is 0 Å². The minimum atomic E-state index is 0.105. The fourth-order valence-electron chi connectivity index (χ4n) is 2.76. The van der Waals surface area contributed by atoms with Gasteiger partial charge in [0.1, 0.15) is 0 Å². The minimum Gasteiger partial charge on any atom is -0.325 e. The summed E-state index contributed by atoms with van der Waals surface area (Å²) in [6.45, 7) is 4.68. The molecule has 0 bridgehead atoms. The largest absolute Gasteiger partial charge is 0.325 e. The fraction of sp³-hybridized carbons (Fsp3) is 0.692. The van der Waals surface area contributed by atoms with Crippen LogP contribution in [-0.4, -0.2) is 5.54 Å². The van der Waals surface area contributed by atoms with Crippen LogP contribution in [0.4, 0.5) is 0 Å². The first kappa shape index (κ1) is 11.2. The minimum absolute atomic E-state index is 0.105. The Morgan fingerprint density at radius 3 is 2.73 bits per heavy atom. The Morgan fingerprint density at radius 2 is 2.20 bits per heavy atom. The zero-order valence-corrected chi connectivity index (χ0v) is 10.6. The Kier molecular flexibility index (Phi) is 2.91. The Balaban J connectivity index is 1.90. The summed E-state index contributed by atoms with van der Waals surface area (Å²) < 4.78 is 0. The lowest BCUT2D eigenvalue weighted by atomic mass is 9.86. The van der Waals surface area contributed by atoms with E-state index in [9.17, 15) is 0 Å². The van der Waals surface area contributed by atoms with Crippen molar-refractivity contribution in [1.82, 2.24) is 0 Å². The lowest BCUT2D eigenvalue weighted by Gasteiger charge is -2.26. The molecule has 2 rings (SSSR count). The molecule has 15 heavy (non-hydrogen) atoms. The molecule has 0 spiro atoms. The molecular formula is C13H21NS. The number of hydrogen-bond acceptors (Lipinski definition) is 2. The summed E-state index contributed by atoms with van der Waals surface area (Å²) in [5.74, 6) is 0. The lowest BCUT2D eigenvalue weighted by Crippen LogP contribution is -2.38. The highest BCUT2D eigenvalue weighted by molar-refractivity contribution is 7.09. The maximum absolute atomic E-state index is 6.46. The third-order valence-electron chi connectivity index (χ3n) is 3.58. The molecule has 1 heterocycles. The van der Waals surface area contributed by atoms with Crippen molar-refractivity contribution in [3.63, 3.8) is 0 Å². The summed E-state index contributed by atoms with van der Waals surface area (Å²) >= 11 is 1.85. The predicted octanol–water partition coefficient (Wildman–Crippen LogP) is 3.59. The standard InChI is InChI=1S/C13H21NS/c1-12(2)7-8-13(14,10-12)6-5-11-4-3-9-15-11/h3-4,9H,5-8,10,14H2,1-2H3. The number of aryl methyl sites for hydroxylation is 1. The number of thiophene rings is 1. The van der Waals surface area contributed by atoms with Gasteiger partial charge in [0.05, 0.1) is 0 Å². The van der Waals surface area contributed by atoms with E-state index >= 15 is 0 Å². The molecule has 0 saturated heterocycles. The zero-order chi connectivity index (χ0) is 10.9. The molecule has 1 aromatic rings. The molecule has 1 unspecified atom stereocenters. The van der Waals surface area contributed by atoms with Crippen LogP contribution in [0.15, 0.2) is 17.5 Å². The molecule has 0 amide bonds. The Hall–Kier alpha value is -0.340. The first-order chi connectivity index (χ1) is 6.99. The van der Waals surface area contributed by atoms with Crippen molar-refractivity contribution < 1.29 is 0 Å². The average molecular weight is 223 g/mol. The monoisotopic (exact) mass is 223 g/mol. The Morgan fingerprint density at radius 1 is 1.40 bits per heavy atom. The predicted molar refractivity (Wildman–Crippen MR) is 67.2 cm³/mol. The van der Waals surface area contributed by atoms with E-state index in [2.05, 4.69) is 31.4 Å². The van der Waals surface area contributed by atoms with E-state index in [4.69, 9.17) is 5.73 Å². The third-order valence-corrected chi connectivity index (χ3v) is 4.52. The van der Waals surface area contributed by atoms with Gasteiger partial charge < -0.3 is 5.73 Å². The van der Waals surface area contributed by atoms with Gasteiger partial charge in [-0.2, -0.15) is 0 Å². The van der Waals surface area contributed by atoms with Gasteiger partial charge in [0.25, 0.3) is 0 Å². The van der Waals surface area contributed by atoms with E-state index in [0.29, 0.717) is 5.41 Å². The quantitative estimate of drug-likeness (QED) is 0.832. The molecule has 2 heteroatoms. The zero-order valence-electron chi connectivity index (χ0n) is 9.75. The van der Waals surface area contributed by atoms with Gasteiger partial charge in [-0.3, -0.25) is 0 Å². The third kappa shape index (κ3) is 2.82. The molecule has 0 aliphatic heterocycles. The van der Waals surface area contributed by atoms with Crippen LogP contribution in [0.2, 0.25) is 0 Å². The highest BCUT2D eigenvalue weighted by Crippen LogP contribution is 2.44. The van der Waals surface area contributed by atoms with Crippen LogP contribution in [0.3, 0.4) is 0 Å². The van der Waals surface area contributed by atoms with Gasteiger partial charge in [-0.05, 0) is 49.0 Å². The van der Waals surface area contributed by atoms with Crippen LogP contribution in [-0.2, 0) is 6.42 Å². The molecule has 1 aliphatic rings. The van der Waals surface area contributed by atoms with Crippen LogP contribution in [0, 0.1) is 5.41 Å². The van der Waals surface area contributed by atoms with Gasteiger partial charge in [0.2, 0.25) is 0 Å². The molecule has 1 aliphatic carbocycles. The molecule has 0 aromatic carbocycles. The lowest BCUT2D eigenvalue weighted by molar-refractivity contribution is 0.324. The first-order valence-corrected chi connectivity index (χ1v) is 6.68. The van der Waals surface area contributed by atoms with Crippen molar-refractivity contribution in [2.75, 3.05) is 0 Å². The smallest absolute Gasteiger partial charge is 0.0163 e. The number of rotatable bonds is 3. The summed E-state index contributed by atoms with van der Waals surface area (Å²) in [6, 6.07) is 4.34. The molecule has 1 fully saturated rings. The maximum Gasteiger partial charge on any atom is 0.0163 e. The molecule has 1 saturated carbocycles. The van der Waals surface area contributed by atoms with E-state index in [1.165, 1.54) is 24.1 Å². The van der Waals surface area contributed by atoms with Crippen molar-refractivity contribution in [2.45, 2.75) is 51.5 Å². The SMILES string of the molecule is CC1(C)CCC(N)(CCc2cccs2)C1. The molecule has 84 valence electrons. The summed E-state index contributed by atoms with van der Waals surface area (Å²) in [5.41, 5.74) is 7.02. The number of nitrogens with two attached hydrogens (primary N) is 1. The highest BCUT2D eigenvalue weighted by Gasteiger charge is 2.39. The van der Waals surface area contributed by atoms with Crippen LogP contribution in [0.25, 0.3) is 0 Å². The summed E-state index contributed by atoms with van der Waals surface area (Å²) in [7, 11) is 0. The first-order valence-electron chi connectivity index (χ1n) is 5.81. The number of hydrogen-bond donors (Lipinski definition) is 1. The van der Waals surface area contributed by atoms with Gasteiger partial charge in [-0.25, -0.2) is 0 Å². The Labute approximate surface area is 96.7 Å². The van der Waals surface area contributed by atoms with Gasteiger partial charge in [0.15, 0.2) is 0 Å². The average Bonchev–Trinajstić information content (AvgIpc) is 2.71. The second kappa shape index (κ2) is 3.91. The van der Waals surface area contributed by atoms with Gasteiger partial charge in [-0.1, -0.05) is 19.9 Å². The maximum atomic E-state index is 6.46. The highest BCUT2D eigenvalue weighted by atomic mass is 32.1. The fourth-order valence-corrected chi connectivity index (χ4v) is 3.47. The van der Waals surface area contributed by atoms with E-state index in [-0.39, 0.29) is 5.54 Å². The topological polar surface area (TPSA) is 26.0 Å². The van der Waals surface area contributed by atoms with Crippen LogP contribution >= 0.6 is 11.3 Å². The van der Waals surface area contributed by atoms with Gasteiger partial charge in [-0.15, -0.1) is 11.3 Å². The second-order valence-electron chi connectivity index (χ2n) is 5.78. The molecule has 1 nitrogen and oxygen atoms in total. The van der Waals surface area contributed by atoms with Crippen molar-refractivity contribution >= 4 is 11.3 Å². The van der Waals surface area contributed by atoms with E-state index in [0.717, 1.165) is 12.8 Å². The van der Waals surface area contributed by atoms with Crippen molar-refractivity contribution in [2.24, 2.45) is 11.1 Å². The van der Waals surface area contributed by atoms with Crippen LogP contribution < -0.4 is 5.73 Å². The second-order valence-corrected chi connectivity index (χ2v) is 6.81. The Bertz CT molecular complexity index is 315. The van der Waals surface area contributed by atoms with Crippen LogP contribution in [0.1, 0.15) is 44.4 Å². The summed E-state index contributed by atoms with van der Waals surface area (Å²) in [6.07, 6.45) is 5.98. The van der Waals surface area contributed by atoms with E-state index in [1.54, 1.807) is 0 Å². The molecule has 1 aromatic heterocycles. The summed E-state index contributed by atoms with van der Waals surface area (Å²) in [4.78, 5) is 1.48. The normalized spacial score (nSPS) is 29.5. The van der Waals surface area contributed by atoms with Crippen molar-refractivity contribution in [3.05, 3.63) is 22.4 Å².